The maximum Gasteiger partial charge on any atom is 0.0589 e. The van der Waals surface area contributed by atoms with E-state index in [-0.39, 0.29) is 0 Å². The molecule has 1 aliphatic rings. The quantitative estimate of drug-likeness (QED) is 0.635. The van der Waals surface area contributed by atoms with E-state index in [0.29, 0.717) is 12.1 Å². The molecule has 0 aromatic carbocycles. The van der Waals surface area contributed by atoms with Crippen LogP contribution in [0.15, 0.2) is 0 Å². The topological polar surface area (TPSA) is 24.5 Å². The van der Waals surface area contributed by atoms with Gasteiger partial charge in [-0.3, -0.25) is 4.90 Å². The zero-order valence-corrected chi connectivity index (χ0v) is 12.0. The number of ether oxygens (including phenoxy) is 1. The first kappa shape index (κ1) is 14.9. The summed E-state index contributed by atoms with van der Waals surface area (Å²) in [6.45, 7) is 11.0. The second kappa shape index (κ2) is 8.06. The molecular formula is C14H30N2O. The van der Waals surface area contributed by atoms with Crippen molar-refractivity contribution in [1.82, 2.24) is 10.2 Å². The van der Waals surface area contributed by atoms with Gasteiger partial charge in [0.15, 0.2) is 0 Å². The molecular weight excluding hydrogens is 212 g/mol. The third kappa shape index (κ3) is 5.84. The minimum atomic E-state index is 0.606. The first-order chi connectivity index (χ1) is 8.19. The van der Waals surface area contributed by atoms with Crippen LogP contribution >= 0.6 is 0 Å². The molecule has 0 amide bonds. The van der Waals surface area contributed by atoms with Gasteiger partial charge in [0.1, 0.15) is 0 Å². The molecule has 1 atom stereocenters. The van der Waals surface area contributed by atoms with Crippen LogP contribution in [-0.4, -0.2) is 50.3 Å². The fourth-order valence-corrected chi connectivity index (χ4v) is 2.23. The summed E-state index contributed by atoms with van der Waals surface area (Å²) in [6, 6.07) is 1.30. The predicted molar refractivity (Wildman–Crippen MR) is 73.4 cm³/mol. The Kier molecular flexibility index (Phi) is 7.09. The Hall–Kier alpha value is -0.120. The Bertz CT molecular complexity index is 181. The van der Waals surface area contributed by atoms with Crippen LogP contribution in [0.5, 0.6) is 0 Å². The van der Waals surface area contributed by atoms with E-state index in [1.165, 1.54) is 25.8 Å². The van der Waals surface area contributed by atoms with Crippen molar-refractivity contribution in [2.45, 2.75) is 52.1 Å². The molecule has 1 fully saturated rings. The number of rotatable bonds is 10. The molecule has 102 valence electrons. The maximum atomic E-state index is 5.20. The second-order valence-corrected chi connectivity index (χ2v) is 5.48. The highest BCUT2D eigenvalue weighted by Crippen LogP contribution is 2.33. The summed E-state index contributed by atoms with van der Waals surface area (Å²) in [6.07, 6.45) is 4.05. The van der Waals surface area contributed by atoms with E-state index >= 15 is 0 Å². The van der Waals surface area contributed by atoms with Crippen molar-refractivity contribution in [3.63, 3.8) is 0 Å². The smallest absolute Gasteiger partial charge is 0.0589 e. The molecule has 1 unspecified atom stereocenters. The fourth-order valence-electron chi connectivity index (χ4n) is 2.23. The first-order valence-corrected chi connectivity index (χ1v) is 7.15. The van der Waals surface area contributed by atoms with Crippen LogP contribution in [0.2, 0.25) is 0 Å². The zero-order chi connectivity index (χ0) is 12.7. The minimum Gasteiger partial charge on any atom is -0.383 e. The highest BCUT2D eigenvalue weighted by Gasteiger charge is 2.32. The fraction of sp³-hybridized carbons (Fsp3) is 1.00. The highest BCUT2D eigenvalue weighted by molar-refractivity contribution is 4.89. The Morgan fingerprint density at radius 3 is 2.53 bits per heavy atom. The van der Waals surface area contributed by atoms with Gasteiger partial charge in [0, 0.05) is 32.3 Å². The van der Waals surface area contributed by atoms with Crippen molar-refractivity contribution in [1.29, 1.82) is 0 Å². The lowest BCUT2D eigenvalue weighted by atomic mass is 10.1. The summed E-state index contributed by atoms with van der Waals surface area (Å²) < 4.78 is 5.20. The molecule has 0 spiro atoms. The van der Waals surface area contributed by atoms with Gasteiger partial charge in [-0.15, -0.1) is 0 Å². The van der Waals surface area contributed by atoms with Crippen molar-refractivity contribution >= 4 is 0 Å². The van der Waals surface area contributed by atoms with Crippen molar-refractivity contribution < 1.29 is 4.74 Å². The molecule has 3 heteroatoms. The van der Waals surface area contributed by atoms with Gasteiger partial charge in [0.05, 0.1) is 6.61 Å². The Morgan fingerprint density at radius 1 is 1.35 bits per heavy atom. The molecule has 0 bridgehead atoms. The molecule has 0 heterocycles. The van der Waals surface area contributed by atoms with Crippen LogP contribution in [0.3, 0.4) is 0 Å². The third-order valence-corrected chi connectivity index (χ3v) is 3.59. The van der Waals surface area contributed by atoms with Gasteiger partial charge in [-0.2, -0.15) is 0 Å². The monoisotopic (exact) mass is 242 g/mol. The summed E-state index contributed by atoms with van der Waals surface area (Å²) >= 11 is 0. The normalized spacial score (nSPS) is 18.0. The number of nitrogens with zero attached hydrogens (tertiary/aromatic N) is 1. The van der Waals surface area contributed by atoms with Crippen LogP contribution in [0.1, 0.15) is 40.0 Å². The molecule has 1 rings (SSSR count). The van der Waals surface area contributed by atoms with E-state index in [2.05, 4.69) is 31.0 Å². The molecule has 1 saturated carbocycles. The number of methoxy groups -OCH3 is 1. The maximum absolute atomic E-state index is 5.20. The summed E-state index contributed by atoms with van der Waals surface area (Å²) in [4.78, 5) is 2.54. The minimum absolute atomic E-state index is 0.606. The van der Waals surface area contributed by atoms with Gasteiger partial charge in [-0.05, 0) is 45.6 Å². The molecule has 1 aliphatic carbocycles. The zero-order valence-electron chi connectivity index (χ0n) is 12.0. The van der Waals surface area contributed by atoms with Gasteiger partial charge >= 0.3 is 0 Å². The van der Waals surface area contributed by atoms with Crippen molar-refractivity contribution in [2.24, 2.45) is 5.92 Å². The first-order valence-electron chi connectivity index (χ1n) is 7.15. The molecule has 1 N–H and O–H groups in total. The van der Waals surface area contributed by atoms with E-state index in [4.69, 9.17) is 4.74 Å². The molecule has 0 saturated heterocycles. The van der Waals surface area contributed by atoms with Gasteiger partial charge in [0.2, 0.25) is 0 Å². The number of hydrogen-bond acceptors (Lipinski definition) is 3. The Labute approximate surface area is 107 Å². The van der Waals surface area contributed by atoms with E-state index in [1.807, 2.05) is 0 Å². The average molecular weight is 242 g/mol. The third-order valence-electron chi connectivity index (χ3n) is 3.59. The van der Waals surface area contributed by atoms with Crippen LogP contribution in [0.4, 0.5) is 0 Å². The Balaban J connectivity index is 2.37. The van der Waals surface area contributed by atoms with E-state index in [0.717, 1.165) is 25.6 Å². The van der Waals surface area contributed by atoms with Gasteiger partial charge in [-0.1, -0.05) is 6.92 Å². The standard InChI is InChI=1S/C14H30N2O/c1-5-8-15-14(13-6-7-13)11-16(12(2)3)9-10-17-4/h12-15H,5-11H2,1-4H3. The van der Waals surface area contributed by atoms with E-state index < -0.39 is 0 Å². The number of hydrogen-bond donors (Lipinski definition) is 1. The van der Waals surface area contributed by atoms with Crippen LogP contribution in [0.25, 0.3) is 0 Å². The average Bonchev–Trinajstić information content (AvgIpc) is 3.12. The van der Waals surface area contributed by atoms with Crippen LogP contribution in [-0.2, 0) is 4.74 Å². The lowest BCUT2D eigenvalue weighted by Gasteiger charge is -2.31. The highest BCUT2D eigenvalue weighted by atomic mass is 16.5. The largest absolute Gasteiger partial charge is 0.383 e. The van der Waals surface area contributed by atoms with Crippen molar-refractivity contribution in [3.8, 4) is 0 Å². The molecule has 0 aromatic rings. The van der Waals surface area contributed by atoms with E-state index in [9.17, 15) is 0 Å². The van der Waals surface area contributed by atoms with Crippen molar-refractivity contribution in [3.05, 3.63) is 0 Å². The summed E-state index contributed by atoms with van der Waals surface area (Å²) in [5.74, 6) is 0.922. The lowest BCUT2D eigenvalue weighted by molar-refractivity contribution is 0.118. The molecule has 0 radical (unpaired) electrons. The Morgan fingerprint density at radius 2 is 2.06 bits per heavy atom. The molecule has 17 heavy (non-hydrogen) atoms. The van der Waals surface area contributed by atoms with Gasteiger partial charge in [-0.25, -0.2) is 0 Å². The van der Waals surface area contributed by atoms with Crippen LogP contribution in [0, 0.1) is 5.92 Å². The predicted octanol–water partition coefficient (Wildman–Crippen LogP) is 2.12. The molecule has 0 aromatic heterocycles. The van der Waals surface area contributed by atoms with Crippen molar-refractivity contribution in [2.75, 3.05) is 33.4 Å². The van der Waals surface area contributed by atoms with E-state index in [1.54, 1.807) is 7.11 Å². The molecule has 0 aliphatic heterocycles. The van der Waals surface area contributed by atoms with Gasteiger partial charge < -0.3 is 10.1 Å². The summed E-state index contributed by atoms with van der Waals surface area (Å²) in [7, 11) is 1.78. The lowest BCUT2D eigenvalue weighted by Crippen LogP contribution is -2.46. The van der Waals surface area contributed by atoms with Crippen LogP contribution < -0.4 is 5.32 Å². The number of nitrogens with one attached hydrogen (secondary N) is 1. The second-order valence-electron chi connectivity index (χ2n) is 5.48. The molecule has 3 nitrogen and oxygen atoms in total. The van der Waals surface area contributed by atoms with Gasteiger partial charge in [0.25, 0.3) is 0 Å². The summed E-state index contributed by atoms with van der Waals surface area (Å²) in [5, 5.41) is 3.71. The summed E-state index contributed by atoms with van der Waals surface area (Å²) in [5.41, 5.74) is 0. The SMILES string of the molecule is CCCNC(CN(CCOC)C(C)C)C1CC1.